The maximum Gasteiger partial charge on any atom is 0.337 e. The monoisotopic (exact) mass is 419 g/mol. The topological polar surface area (TPSA) is 155 Å². The van der Waals surface area contributed by atoms with Crippen molar-refractivity contribution in [3.8, 4) is 0 Å². The molecule has 1 atom stereocenters. The van der Waals surface area contributed by atoms with Gasteiger partial charge in [0.05, 0.1) is 11.3 Å². The predicted octanol–water partition coefficient (Wildman–Crippen LogP) is 1.46. The standard InChI is InChI=1S/C17H25NO7S2/c18-27(24,25)14-8-6-13(7-9-14)5-3-1-2-4-10-26-12-17(23,16(21)22)11-15(19)20/h6-9,23H,1-5,10-12H2,(H,19,20)(H,21,22)(H2,18,24,25)/t17-/m1/s1. The molecule has 0 spiro atoms. The van der Waals surface area contributed by atoms with Gasteiger partial charge in [0.15, 0.2) is 5.60 Å². The van der Waals surface area contributed by atoms with Crippen LogP contribution in [0.2, 0.25) is 0 Å². The van der Waals surface area contributed by atoms with Crippen molar-refractivity contribution < 1.29 is 33.3 Å². The first-order valence-corrected chi connectivity index (χ1v) is 11.1. The Labute approximate surface area is 162 Å². The highest BCUT2D eigenvalue weighted by molar-refractivity contribution is 7.99. The zero-order chi connectivity index (χ0) is 20.5. The van der Waals surface area contributed by atoms with E-state index in [2.05, 4.69) is 0 Å². The van der Waals surface area contributed by atoms with Gasteiger partial charge in [-0.2, -0.15) is 11.8 Å². The number of aliphatic carboxylic acids is 2. The van der Waals surface area contributed by atoms with Crippen molar-refractivity contribution in [2.24, 2.45) is 5.14 Å². The number of primary sulfonamides is 1. The maximum atomic E-state index is 11.2. The van der Waals surface area contributed by atoms with E-state index in [-0.39, 0.29) is 10.6 Å². The van der Waals surface area contributed by atoms with Crippen LogP contribution in [0.25, 0.3) is 0 Å². The Balaban J connectivity index is 2.20. The van der Waals surface area contributed by atoms with E-state index in [9.17, 15) is 23.1 Å². The SMILES string of the molecule is NS(=O)(=O)c1ccc(CCCCCCSC[C@](O)(CC(=O)O)C(=O)O)cc1. The number of carboxylic acids is 2. The quantitative estimate of drug-likeness (QED) is 0.350. The first-order valence-electron chi connectivity index (χ1n) is 8.42. The van der Waals surface area contributed by atoms with Crippen molar-refractivity contribution in [3.63, 3.8) is 0 Å². The smallest absolute Gasteiger partial charge is 0.337 e. The van der Waals surface area contributed by atoms with E-state index in [0.29, 0.717) is 5.75 Å². The molecule has 27 heavy (non-hydrogen) atoms. The van der Waals surface area contributed by atoms with Crippen LogP contribution in [0.15, 0.2) is 29.2 Å². The number of rotatable bonds is 13. The predicted molar refractivity (Wildman–Crippen MR) is 102 cm³/mol. The molecule has 0 amide bonds. The molecule has 1 aromatic rings. The Hall–Kier alpha value is -1.62. The largest absolute Gasteiger partial charge is 0.481 e. The molecule has 10 heteroatoms. The molecule has 8 nitrogen and oxygen atoms in total. The summed E-state index contributed by atoms with van der Waals surface area (Å²) in [6, 6.07) is 6.46. The summed E-state index contributed by atoms with van der Waals surface area (Å²) >= 11 is 1.23. The molecule has 0 heterocycles. The van der Waals surface area contributed by atoms with Gasteiger partial charge in [-0.3, -0.25) is 4.79 Å². The third-order valence-corrected chi connectivity index (χ3v) is 6.13. The normalized spacial score (nSPS) is 13.9. The van der Waals surface area contributed by atoms with Crippen molar-refractivity contribution in [1.29, 1.82) is 0 Å². The highest BCUT2D eigenvalue weighted by atomic mass is 32.2. The van der Waals surface area contributed by atoms with E-state index in [1.54, 1.807) is 12.1 Å². The van der Waals surface area contributed by atoms with Gasteiger partial charge in [0.25, 0.3) is 0 Å². The maximum absolute atomic E-state index is 11.2. The summed E-state index contributed by atoms with van der Waals surface area (Å²) in [5.41, 5.74) is -1.21. The van der Waals surface area contributed by atoms with Crippen molar-refractivity contribution in [1.82, 2.24) is 0 Å². The third-order valence-electron chi connectivity index (χ3n) is 3.94. The number of sulfonamides is 1. The fraction of sp³-hybridized carbons (Fsp3) is 0.529. The van der Waals surface area contributed by atoms with Crippen molar-refractivity contribution >= 4 is 33.7 Å². The summed E-state index contributed by atoms with van der Waals surface area (Å²) in [5.74, 6) is -2.40. The van der Waals surface area contributed by atoms with Gasteiger partial charge < -0.3 is 15.3 Å². The van der Waals surface area contributed by atoms with Crippen molar-refractivity contribution in [2.75, 3.05) is 11.5 Å². The molecule has 152 valence electrons. The van der Waals surface area contributed by atoms with Gasteiger partial charge in [-0.1, -0.05) is 25.0 Å². The molecule has 0 aliphatic rings. The number of nitrogens with two attached hydrogens (primary N) is 1. The Morgan fingerprint density at radius 1 is 1.04 bits per heavy atom. The minimum Gasteiger partial charge on any atom is -0.481 e. The second-order valence-electron chi connectivity index (χ2n) is 6.31. The summed E-state index contributed by atoms with van der Waals surface area (Å²) in [7, 11) is -3.67. The molecular formula is C17H25NO7S2. The summed E-state index contributed by atoms with van der Waals surface area (Å²) in [6.07, 6.45) is 3.63. The van der Waals surface area contributed by atoms with Crippen LogP contribution in [0.1, 0.15) is 37.7 Å². The molecule has 0 unspecified atom stereocenters. The molecule has 0 fully saturated rings. The van der Waals surface area contributed by atoms with Crippen LogP contribution in [0, 0.1) is 0 Å². The van der Waals surface area contributed by atoms with Crippen LogP contribution in [-0.4, -0.2) is 52.8 Å². The minimum atomic E-state index is -3.67. The van der Waals surface area contributed by atoms with Gasteiger partial charge >= 0.3 is 11.9 Å². The Bertz CT molecular complexity index is 734. The molecule has 0 aliphatic heterocycles. The lowest BCUT2D eigenvalue weighted by atomic mass is 10.0. The van der Waals surface area contributed by atoms with Crippen LogP contribution >= 0.6 is 11.8 Å². The van der Waals surface area contributed by atoms with Crippen LogP contribution in [0.5, 0.6) is 0 Å². The summed E-state index contributed by atoms with van der Waals surface area (Å²) in [4.78, 5) is 21.7. The lowest BCUT2D eigenvalue weighted by molar-refractivity contribution is -0.162. The first-order chi connectivity index (χ1) is 12.5. The van der Waals surface area contributed by atoms with Gasteiger partial charge in [-0.15, -0.1) is 0 Å². The Morgan fingerprint density at radius 3 is 2.15 bits per heavy atom. The molecule has 0 saturated heterocycles. The average molecular weight is 420 g/mol. The molecule has 0 aliphatic carbocycles. The lowest BCUT2D eigenvalue weighted by Gasteiger charge is -2.20. The minimum absolute atomic E-state index is 0.0903. The molecule has 0 radical (unpaired) electrons. The number of hydrogen-bond acceptors (Lipinski definition) is 6. The molecule has 5 N–H and O–H groups in total. The second kappa shape index (κ2) is 10.6. The van der Waals surface area contributed by atoms with Gasteiger partial charge in [0.1, 0.15) is 0 Å². The van der Waals surface area contributed by atoms with E-state index in [4.69, 9.17) is 15.4 Å². The Morgan fingerprint density at radius 2 is 1.63 bits per heavy atom. The molecular weight excluding hydrogens is 394 g/mol. The number of aryl methyl sites for hydroxylation is 1. The number of unbranched alkanes of at least 4 members (excludes halogenated alkanes) is 3. The van der Waals surface area contributed by atoms with Crippen LogP contribution in [0.4, 0.5) is 0 Å². The highest BCUT2D eigenvalue weighted by Crippen LogP contribution is 2.20. The van der Waals surface area contributed by atoms with E-state index in [0.717, 1.165) is 37.7 Å². The zero-order valence-corrected chi connectivity index (χ0v) is 16.5. The van der Waals surface area contributed by atoms with Gasteiger partial charge in [-0.25, -0.2) is 18.4 Å². The van der Waals surface area contributed by atoms with E-state index in [1.165, 1.54) is 23.9 Å². The number of carboxylic acid groups (broad SMARTS) is 2. The average Bonchev–Trinajstić information content (AvgIpc) is 2.56. The molecule has 0 saturated carbocycles. The zero-order valence-electron chi connectivity index (χ0n) is 14.8. The first kappa shape index (κ1) is 23.4. The van der Waals surface area contributed by atoms with Crippen molar-refractivity contribution in [3.05, 3.63) is 29.8 Å². The van der Waals surface area contributed by atoms with E-state index >= 15 is 0 Å². The number of carbonyl (C=O) groups is 2. The second-order valence-corrected chi connectivity index (χ2v) is 8.98. The summed E-state index contributed by atoms with van der Waals surface area (Å²) in [5, 5.41) is 32.5. The fourth-order valence-electron chi connectivity index (χ4n) is 2.41. The summed E-state index contributed by atoms with van der Waals surface area (Å²) in [6.45, 7) is 0. The lowest BCUT2D eigenvalue weighted by Crippen LogP contribution is -2.43. The number of benzene rings is 1. The van der Waals surface area contributed by atoms with Gasteiger partial charge in [0, 0.05) is 5.75 Å². The van der Waals surface area contributed by atoms with E-state index in [1.807, 2.05) is 0 Å². The third kappa shape index (κ3) is 8.74. The highest BCUT2D eigenvalue weighted by Gasteiger charge is 2.38. The van der Waals surface area contributed by atoms with Crippen LogP contribution in [-0.2, 0) is 26.0 Å². The molecule has 0 aromatic heterocycles. The number of hydrogen-bond donors (Lipinski definition) is 4. The Kier molecular flexibility index (Phi) is 9.23. The molecule has 1 aromatic carbocycles. The molecule has 0 bridgehead atoms. The van der Waals surface area contributed by atoms with Crippen LogP contribution < -0.4 is 5.14 Å². The fourth-order valence-corrected chi connectivity index (χ4v) is 4.04. The van der Waals surface area contributed by atoms with Gasteiger partial charge in [0.2, 0.25) is 10.0 Å². The number of aliphatic hydroxyl groups is 1. The summed E-state index contributed by atoms with van der Waals surface area (Å²) < 4.78 is 22.4. The van der Waals surface area contributed by atoms with Crippen molar-refractivity contribution in [2.45, 2.75) is 49.0 Å². The van der Waals surface area contributed by atoms with E-state index < -0.39 is 34.0 Å². The van der Waals surface area contributed by atoms with Gasteiger partial charge in [-0.05, 0) is 42.7 Å². The van der Waals surface area contributed by atoms with Crippen LogP contribution in [0.3, 0.4) is 0 Å². The molecule has 1 rings (SSSR count). The number of thioether (sulfide) groups is 1.